The summed E-state index contributed by atoms with van der Waals surface area (Å²) in [6.45, 7) is 1.23. The lowest BCUT2D eigenvalue weighted by atomic mass is 10.2. The minimum Gasteiger partial charge on any atom is -0.486 e. The fourth-order valence-electron chi connectivity index (χ4n) is 2.51. The molecule has 2 aromatic carbocycles. The molecular formula is C18H20N2O5S. The van der Waals surface area contributed by atoms with E-state index in [4.69, 9.17) is 15.2 Å². The van der Waals surface area contributed by atoms with Crippen molar-refractivity contribution in [2.75, 3.05) is 24.3 Å². The highest BCUT2D eigenvalue weighted by molar-refractivity contribution is 7.91. The Kier molecular flexibility index (Phi) is 5.43. The van der Waals surface area contributed by atoms with Crippen molar-refractivity contribution in [2.45, 2.75) is 17.9 Å². The number of hydrogen-bond donors (Lipinski definition) is 2. The van der Waals surface area contributed by atoms with Crippen LogP contribution in [0.4, 0.5) is 5.69 Å². The first-order valence-corrected chi connectivity index (χ1v) is 9.84. The second kappa shape index (κ2) is 7.76. The van der Waals surface area contributed by atoms with Crippen LogP contribution in [-0.2, 0) is 21.2 Å². The molecule has 0 saturated heterocycles. The number of benzene rings is 2. The van der Waals surface area contributed by atoms with Crippen molar-refractivity contribution in [3.8, 4) is 11.5 Å². The minimum atomic E-state index is -3.60. The number of anilines is 1. The van der Waals surface area contributed by atoms with Gasteiger partial charge in [0.05, 0.1) is 10.6 Å². The molecule has 7 nitrogen and oxygen atoms in total. The first-order chi connectivity index (χ1) is 12.5. The smallest absolute Gasteiger partial charge is 0.225 e. The molecule has 0 atom stereocenters. The monoisotopic (exact) mass is 376 g/mol. The summed E-state index contributed by atoms with van der Waals surface area (Å²) in [5.41, 5.74) is 7.07. The lowest BCUT2D eigenvalue weighted by Gasteiger charge is -2.18. The molecule has 138 valence electrons. The number of carbonyl (C=O) groups excluding carboxylic acids is 1. The molecule has 0 aromatic heterocycles. The van der Waals surface area contributed by atoms with Gasteiger partial charge in [-0.1, -0.05) is 12.1 Å². The summed E-state index contributed by atoms with van der Waals surface area (Å²) in [4.78, 5) is 12.1. The summed E-state index contributed by atoms with van der Waals surface area (Å²) in [6, 6.07) is 11.5. The van der Waals surface area contributed by atoms with Crippen LogP contribution in [0.25, 0.3) is 0 Å². The molecule has 1 amide bonds. The van der Waals surface area contributed by atoms with Gasteiger partial charge in [-0.25, -0.2) is 8.42 Å². The van der Waals surface area contributed by atoms with Crippen LogP contribution in [0.2, 0.25) is 0 Å². The highest BCUT2D eigenvalue weighted by Gasteiger charge is 2.20. The van der Waals surface area contributed by atoms with Gasteiger partial charge in [0.25, 0.3) is 0 Å². The van der Waals surface area contributed by atoms with Crippen molar-refractivity contribution in [1.82, 2.24) is 0 Å². The third-order valence-corrected chi connectivity index (χ3v) is 5.66. The Balaban J connectivity index is 1.61. The van der Waals surface area contributed by atoms with Gasteiger partial charge in [0.15, 0.2) is 21.3 Å². The zero-order valence-corrected chi connectivity index (χ0v) is 14.9. The van der Waals surface area contributed by atoms with Gasteiger partial charge in [-0.05, 0) is 29.8 Å². The topological polar surface area (TPSA) is 108 Å². The Morgan fingerprint density at radius 1 is 1.04 bits per heavy atom. The third kappa shape index (κ3) is 4.33. The molecule has 2 aromatic rings. The van der Waals surface area contributed by atoms with E-state index in [1.807, 2.05) is 12.1 Å². The molecule has 0 radical (unpaired) electrons. The van der Waals surface area contributed by atoms with E-state index in [-0.39, 0.29) is 23.0 Å². The first kappa shape index (κ1) is 18.2. The fraction of sp³-hybridized carbons (Fsp3) is 0.278. The number of hydrogen-bond acceptors (Lipinski definition) is 6. The van der Waals surface area contributed by atoms with Crippen LogP contribution >= 0.6 is 0 Å². The lowest BCUT2D eigenvalue weighted by Crippen LogP contribution is -2.18. The number of carbonyl (C=O) groups is 1. The fourth-order valence-corrected chi connectivity index (χ4v) is 3.76. The largest absolute Gasteiger partial charge is 0.486 e. The summed E-state index contributed by atoms with van der Waals surface area (Å²) < 4.78 is 35.7. The minimum absolute atomic E-state index is 0.113. The van der Waals surface area contributed by atoms with Crippen LogP contribution < -0.4 is 20.5 Å². The number of ether oxygens (including phenoxy) is 2. The van der Waals surface area contributed by atoms with Crippen LogP contribution in [0.3, 0.4) is 0 Å². The van der Waals surface area contributed by atoms with Gasteiger partial charge in [0, 0.05) is 24.7 Å². The molecule has 3 N–H and O–H groups in total. The van der Waals surface area contributed by atoms with E-state index in [0.717, 1.165) is 5.56 Å². The zero-order valence-electron chi connectivity index (χ0n) is 14.1. The maximum absolute atomic E-state index is 12.5. The zero-order chi connectivity index (χ0) is 18.6. The molecule has 1 aliphatic heterocycles. The molecule has 1 heterocycles. The number of fused-ring (bicyclic) bond motifs is 1. The van der Waals surface area contributed by atoms with Gasteiger partial charge in [-0.15, -0.1) is 0 Å². The molecule has 0 saturated carbocycles. The average molecular weight is 376 g/mol. The molecule has 0 bridgehead atoms. The second-order valence-corrected chi connectivity index (χ2v) is 7.93. The summed E-state index contributed by atoms with van der Waals surface area (Å²) in [5.74, 6) is 0.265. The molecule has 3 rings (SSSR count). The average Bonchev–Trinajstić information content (AvgIpc) is 2.67. The van der Waals surface area contributed by atoms with Gasteiger partial charge < -0.3 is 20.5 Å². The summed E-state index contributed by atoms with van der Waals surface area (Å²) in [7, 11) is -3.60. The maximum atomic E-state index is 12.5. The Hall–Kier alpha value is -2.58. The predicted octanol–water partition coefficient (Wildman–Crippen LogP) is 1.72. The Bertz CT molecular complexity index is 894. The Morgan fingerprint density at radius 3 is 2.42 bits per heavy atom. The normalized spacial score (nSPS) is 13.3. The van der Waals surface area contributed by atoms with Crippen LogP contribution in [0, 0.1) is 0 Å². The van der Waals surface area contributed by atoms with E-state index in [9.17, 15) is 13.2 Å². The van der Waals surface area contributed by atoms with Crippen LogP contribution in [0.15, 0.2) is 47.4 Å². The van der Waals surface area contributed by atoms with Gasteiger partial charge in [0.2, 0.25) is 5.91 Å². The van der Waals surface area contributed by atoms with Gasteiger partial charge >= 0.3 is 0 Å². The molecule has 8 heteroatoms. The second-order valence-electron chi connectivity index (χ2n) is 5.82. The molecule has 0 fully saturated rings. The molecule has 1 aliphatic rings. The highest BCUT2D eigenvalue weighted by Crippen LogP contribution is 2.32. The van der Waals surface area contributed by atoms with E-state index in [0.29, 0.717) is 36.9 Å². The van der Waals surface area contributed by atoms with E-state index in [1.165, 1.54) is 12.1 Å². The third-order valence-electron chi connectivity index (χ3n) is 3.94. The summed E-state index contributed by atoms with van der Waals surface area (Å²) in [5, 5.41) is 2.68. The highest BCUT2D eigenvalue weighted by atomic mass is 32.2. The van der Waals surface area contributed by atoms with Crippen molar-refractivity contribution in [2.24, 2.45) is 5.73 Å². The van der Waals surface area contributed by atoms with Crippen molar-refractivity contribution in [3.63, 3.8) is 0 Å². The SMILES string of the molecule is NCc1ccc(NC(=O)CCS(=O)(=O)c2ccc3c(c2)OCCO3)cc1. The number of nitrogens with two attached hydrogens (primary N) is 1. The number of sulfone groups is 1. The molecule has 0 aliphatic carbocycles. The van der Waals surface area contributed by atoms with E-state index >= 15 is 0 Å². The number of amides is 1. The Labute approximate surface area is 152 Å². The van der Waals surface area contributed by atoms with Crippen LogP contribution in [0.1, 0.15) is 12.0 Å². The molecule has 26 heavy (non-hydrogen) atoms. The van der Waals surface area contributed by atoms with Crippen molar-refractivity contribution < 1.29 is 22.7 Å². The predicted molar refractivity (Wildman–Crippen MR) is 97.1 cm³/mol. The number of nitrogens with one attached hydrogen (secondary N) is 1. The van der Waals surface area contributed by atoms with E-state index in [1.54, 1.807) is 18.2 Å². The van der Waals surface area contributed by atoms with Crippen molar-refractivity contribution in [3.05, 3.63) is 48.0 Å². The standard InChI is InChI=1S/C18H20N2O5S/c19-12-13-1-3-14(4-2-13)20-18(21)7-10-26(22,23)15-5-6-16-17(11-15)25-9-8-24-16/h1-6,11H,7-10,12,19H2,(H,20,21). The summed E-state index contributed by atoms with van der Waals surface area (Å²) >= 11 is 0. The Morgan fingerprint density at radius 2 is 1.73 bits per heavy atom. The number of rotatable bonds is 6. The van der Waals surface area contributed by atoms with Gasteiger partial charge in [-0.3, -0.25) is 4.79 Å². The maximum Gasteiger partial charge on any atom is 0.225 e. The molecule has 0 spiro atoms. The quantitative estimate of drug-likeness (QED) is 0.795. The van der Waals surface area contributed by atoms with E-state index < -0.39 is 9.84 Å². The van der Waals surface area contributed by atoms with Crippen molar-refractivity contribution in [1.29, 1.82) is 0 Å². The van der Waals surface area contributed by atoms with Gasteiger partial charge in [0.1, 0.15) is 13.2 Å². The summed E-state index contributed by atoms with van der Waals surface area (Å²) in [6.07, 6.45) is -0.143. The van der Waals surface area contributed by atoms with Crippen LogP contribution in [0.5, 0.6) is 11.5 Å². The first-order valence-electron chi connectivity index (χ1n) is 8.19. The lowest BCUT2D eigenvalue weighted by molar-refractivity contribution is -0.115. The van der Waals surface area contributed by atoms with Crippen LogP contribution in [-0.4, -0.2) is 33.3 Å². The van der Waals surface area contributed by atoms with E-state index in [2.05, 4.69) is 5.32 Å². The van der Waals surface area contributed by atoms with Gasteiger partial charge in [-0.2, -0.15) is 0 Å². The molecule has 0 unspecified atom stereocenters. The van der Waals surface area contributed by atoms with Crippen molar-refractivity contribution >= 4 is 21.4 Å². The molecular weight excluding hydrogens is 356 g/mol.